The molecule has 0 saturated heterocycles. The topological polar surface area (TPSA) is 41.5 Å². The van der Waals surface area contributed by atoms with Gasteiger partial charge in [-0.05, 0) is 17.5 Å². The lowest BCUT2D eigenvalue weighted by molar-refractivity contribution is 0.107. The maximum absolute atomic E-state index is 12.7. The molecule has 0 atom stereocenters. The predicted molar refractivity (Wildman–Crippen MR) is 99.9 cm³/mol. The number of anilines is 1. The smallest absolute Gasteiger partial charge is 0.214 e. The first-order valence-corrected chi connectivity index (χ1v) is 8.24. The Labute approximate surface area is 152 Å². The first-order valence-electron chi connectivity index (χ1n) is 7.11. The summed E-state index contributed by atoms with van der Waals surface area (Å²) in [4.78, 5) is 12.7. The van der Waals surface area contributed by atoms with E-state index in [2.05, 4.69) is 10.5 Å². The second kappa shape index (κ2) is 5.78. The molecule has 1 aliphatic carbocycles. The van der Waals surface area contributed by atoms with Crippen molar-refractivity contribution >= 4 is 62.8 Å². The molecule has 0 heterocycles. The molecular weight excluding hydrogens is 367 g/mol. The van der Waals surface area contributed by atoms with Gasteiger partial charge < -0.3 is 0 Å². The molecule has 0 bridgehead atoms. The number of hydrogen-bond donors (Lipinski definition) is 1. The van der Waals surface area contributed by atoms with E-state index in [9.17, 15) is 4.79 Å². The van der Waals surface area contributed by atoms with Gasteiger partial charge in [0.15, 0.2) is 0 Å². The van der Waals surface area contributed by atoms with E-state index in [1.807, 2.05) is 30.3 Å². The zero-order valence-corrected chi connectivity index (χ0v) is 14.4. The Hall–Kier alpha value is -2.07. The van der Waals surface area contributed by atoms with Crippen LogP contribution in [-0.4, -0.2) is 11.5 Å². The second-order valence-electron chi connectivity index (χ2n) is 5.36. The van der Waals surface area contributed by atoms with Crippen LogP contribution in [0.25, 0.3) is 10.8 Å². The summed E-state index contributed by atoms with van der Waals surface area (Å²) < 4.78 is 0. The summed E-state index contributed by atoms with van der Waals surface area (Å²) in [7, 11) is 0. The van der Waals surface area contributed by atoms with Gasteiger partial charge in [-0.25, -0.2) is 0 Å². The summed E-state index contributed by atoms with van der Waals surface area (Å²) in [6.07, 6.45) is 0. The Morgan fingerprint density at radius 2 is 1.50 bits per heavy atom. The van der Waals surface area contributed by atoms with Gasteiger partial charge in [0, 0.05) is 21.5 Å². The van der Waals surface area contributed by atoms with Crippen molar-refractivity contribution in [1.29, 1.82) is 0 Å². The van der Waals surface area contributed by atoms with E-state index >= 15 is 0 Å². The average molecular weight is 376 g/mol. The molecular formula is C18H9Cl3N2O. The highest BCUT2D eigenvalue weighted by atomic mass is 35.5. The maximum atomic E-state index is 12.7. The second-order valence-corrected chi connectivity index (χ2v) is 6.61. The van der Waals surface area contributed by atoms with Crippen molar-refractivity contribution in [3.63, 3.8) is 0 Å². The molecule has 3 aromatic rings. The van der Waals surface area contributed by atoms with Crippen LogP contribution in [0.5, 0.6) is 0 Å². The van der Waals surface area contributed by atoms with Gasteiger partial charge in [-0.2, -0.15) is 5.10 Å². The van der Waals surface area contributed by atoms with Crippen LogP contribution in [0.3, 0.4) is 0 Å². The largest absolute Gasteiger partial charge is 0.287 e. The molecule has 0 spiro atoms. The fourth-order valence-corrected chi connectivity index (χ4v) is 3.75. The van der Waals surface area contributed by atoms with Crippen LogP contribution in [0, 0.1) is 0 Å². The molecule has 0 aromatic heterocycles. The fourth-order valence-electron chi connectivity index (χ4n) is 2.85. The number of carbonyl (C=O) groups excluding carboxylic acids is 1. The monoisotopic (exact) mass is 374 g/mol. The summed E-state index contributed by atoms with van der Waals surface area (Å²) >= 11 is 18.2. The number of carbonyl (C=O) groups is 1. The molecule has 0 saturated carbocycles. The van der Waals surface area contributed by atoms with Gasteiger partial charge in [-0.15, -0.1) is 0 Å². The molecule has 0 amide bonds. The van der Waals surface area contributed by atoms with E-state index in [-0.39, 0.29) is 5.78 Å². The number of benzene rings is 3. The first-order chi connectivity index (χ1) is 11.6. The minimum absolute atomic E-state index is 0.129. The quantitative estimate of drug-likeness (QED) is 0.574. The maximum Gasteiger partial charge on any atom is 0.214 e. The Kier molecular flexibility index (Phi) is 3.72. The lowest BCUT2D eigenvalue weighted by Crippen LogP contribution is -2.11. The molecule has 24 heavy (non-hydrogen) atoms. The summed E-state index contributed by atoms with van der Waals surface area (Å²) in [6, 6.07) is 14.5. The highest BCUT2D eigenvalue weighted by Crippen LogP contribution is 2.35. The Morgan fingerprint density at radius 1 is 0.875 bits per heavy atom. The molecule has 118 valence electrons. The van der Waals surface area contributed by atoms with Crippen molar-refractivity contribution in [1.82, 2.24) is 0 Å². The van der Waals surface area contributed by atoms with E-state index in [0.717, 1.165) is 16.3 Å². The zero-order valence-electron chi connectivity index (χ0n) is 12.1. The van der Waals surface area contributed by atoms with Crippen LogP contribution >= 0.6 is 34.8 Å². The third-order valence-corrected chi connectivity index (χ3v) is 4.72. The van der Waals surface area contributed by atoms with Crippen molar-refractivity contribution in [2.24, 2.45) is 5.10 Å². The van der Waals surface area contributed by atoms with Gasteiger partial charge in [-0.1, -0.05) is 71.2 Å². The molecule has 1 aliphatic rings. The van der Waals surface area contributed by atoms with Gasteiger partial charge >= 0.3 is 0 Å². The number of ketones is 1. The lowest BCUT2D eigenvalue weighted by Gasteiger charge is -2.07. The van der Waals surface area contributed by atoms with Crippen molar-refractivity contribution in [2.45, 2.75) is 0 Å². The zero-order chi connectivity index (χ0) is 16.8. The Morgan fingerprint density at radius 3 is 2.17 bits per heavy atom. The Balaban J connectivity index is 1.81. The summed E-state index contributed by atoms with van der Waals surface area (Å²) in [5.41, 5.74) is 4.99. The summed E-state index contributed by atoms with van der Waals surface area (Å²) in [5, 5.41) is 7.28. The van der Waals surface area contributed by atoms with Crippen molar-refractivity contribution < 1.29 is 4.79 Å². The third kappa shape index (κ3) is 2.37. The molecule has 4 rings (SSSR count). The SMILES string of the molecule is O=C1C(=NNc2c(Cl)cc(Cl)cc2Cl)c2cccc3cccc1c23. The van der Waals surface area contributed by atoms with E-state index in [1.54, 1.807) is 18.2 Å². The van der Waals surface area contributed by atoms with Gasteiger partial charge in [0.2, 0.25) is 5.78 Å². The molecule has 3 nitrogen and oxygen atoms in total. The first kappa shape index (κ1) is 15.5. The number of hydrazone groups is 1. The van der Waals surface area contributed by atoms with Crippen LogP contribution in [0.2, 0.25) is 15.1 Å². The van der Waals surface area contributed by atoms with Crippen LogP contribution < -0.4 is 5.43 Å². The van der Waals surface area contributed by atoms with E-state index < -0.39 is 0 Å². The molecule has 6 heteroatoms. The van der Waals surface area contributed by atoms with Crippen molar-refractivity contribution in [3.8, 4) is 0 Å². The van der Waals surface area contributed by atoms with Gasteiger partial charge in [0.1, 0.15) is 5.71 Å². The minimum atomic E-state index is -0.129. The average Bonchev–Trinajstić information content (AvgIpc) is 2.82. The molecule has 3 aromatic carbocycles. The number of rotatable bonds is 2. The van der Waals surface area contributed by atoms with Gasteiger partial charge in [-0.3, -0.25) is 10.2 Å². The summed E-state index contributed by atoms with van der Waals surface area (Å²) in [5.74, 6) is -0.129. The van der Waals surface area contributed by atoms with E-state index in [4.69, 9.17) is 34.8 Å². The Bertz CT molecular complexity index is 1020. The molecule has 1 N–H and O–H groups in total. The number of Topliss-reactive ketones (excluding diaryl/α,β-unsaturated/α-hetero) is 1. The summed E-state index contributed by atoms with van der Waals surface area (Å²) in [6.45, 7) is 0. The van der Waals surface area contributed by atoms with Gasteiger partial charge in [0.05, 0.1) is 15.7 Å². The predicted octanol–water partition coefficient (Wildman–Crippen LogP) is 5.81. The highest BCUT2D eigenvalue weighted by molar-refractivity contribution is 6.59. The van der Waals surface area contributed by atoms with Crippen LogP contribution in [0.1, 0.15) is 15.9 Å². The minimum Gasteiger partial charge on any atom is -0.287 e. The molecule has 0 aliphatic heterocycles. The number of nitrogens with zero attached hydrogens (tertiary/aromatic N) is 1. The molecule has 0 fully saturated rings. The highest BCUT2D eigenvalue weighted by Gasteiger charge is 2.28. The van der Waals surface area contributed by atoms with Crippen LogP contribution in [0.4, 0.5) is 5.69 Å². The van der Waals surface area contributed by atoms with E-state index in [0.29, 0.717) is 32.0 Å². The third-order valence-electron chi connectivity index (χ3n) is 3.91. The normalized spacial score (nSPS) is 14.6. The van der Waals surface area contributed by atoms with Crippen LogP contribution in [0.15, 0.2) is 53.6 Å². The number of nitrogens with one attached hydrogen (secondary N) is 1. The van der Waals surface area contributed by atoms with Gasteiger partial charge in [0.25, 0.3) is 0 Å². The van der Waals surface area contributed by atoms with Crippen molar-refractivity contribution in [2.75, 3.05) is 5.43 Å². The fraction of sp³-hybridized carbons (Fsp3) is 0. The standard InChI is InChI=1S/C18H9Cl3N2O/c19-10-7-13(20)17(14(21)8-10)23-22-16-11-5-1-3-9-4-2-6-12(15(9)11)18(16)24/h1-8,23H. The van der Waals surface area contributed by atoms with Crippen molar-refractivity contribution in [3.05, 3.63) is 74.7 Å². The lowest BCUT2D eigenvalue weighted by atomic mass is 10.1. The molecule has 0 radical (unpaired) electrons. The number of halogens is 3. The number of hydrogen-bond acceptors (Lipinski definition) is 3. The van der Waals surface area contributed by atoms with E-state index in [1.165, 1.54) is 0 Å². The molecule has 0 unspecified atom stereocenters. The van der Waals surface area contributed by atoms with Crippen LogP contribution in [-0.2, 0) is 0 Å².